The van der Waals surface area contributed by atoms with Crippen molar-refractivity contribution < 1.29 is 18.7 Å². The fourth-order valence-corrected chi connectivity index (χ4v) is 1.77. The van der Waals surface area contributed by atoms with Crippen LogP contribution in [0.25, 0.3) is 6.08 Å². The number of carbonyl (C=O) groups is 2. The molecule has 1 N–H and O–H groups in total. The van der Waals surface area contributed by atoms with E-state index >= 15 is 0 Å². The Bertz CT molecular complexity index is 659. The number of rotatable bonds is 6. The Kier molecular flexibility index (Phi) is 5.54. The standard InChI is InChI=1S/C17H17NO4/c1-13-5-2-3-6-14(13)11-18-16(19)12-22-17(20)9-8-15-7-4-10-21-15/h2-10H,11-12H2,1H3,(H,18,19)/b9-8+. The summed E-state index contributed by atoms with van der Waals surface area (Å²) in [6.45, 7) is 2.07. The molecule has 114 valence electrons. The van der Waals surface area contributed by atoms with Gasteiger partial charge in [0, 0.05) is 12.6 Å². The second-order valence-electron chi connectivity index (χ2n) is 4.66. The topological polar surface area (TPSA) is 68.5 Å². The van der Waals surface area contributed by atoms with Gasteiger partial charge in [-0.3, -0.25) is 4.79 Å². The molecule has 0 radical (unpaired) electrons. The molecule has 1 aromatic carbocycles. The molecule has 0 saturated carbocycles. The fourth-order valence-electron chi connectivity index (χ4n) is 1.77. The predicted molar refractivity (Wildman–Crippen MR) is 81.7 cm³/mol. The van der Waals surface area contributed by atoms with Crippen LogP contribution in [0.15, 0.2) is 53.2 Å². The molecule has 2 rings (SSSR count). The minimum absolute atomic E-state index is 0.312. The summed E-state index contributed by atoms with van der Waals surface area (Å²) in [6.07, 6.45) is 4.20. The maximum atomic E-state index is 11.6. The van der Waals surface area contributed by atoms with Gasteiger partial charge in [-0.15, -0.1) is 0 Å². The van der Waals surface area contributed by atoms with Crippen molar-refractivity contribution in [2.75, 3.05) is 6.61 Å². The van der Waals surface area contributed by atoms with Crippen molar-refractivity contribution in [2.45, 2.75) is 13.5 Å². The number of amides is 1. The molecule has 1 aromatic heterocycles. The summed E-state index contributed by atoms with van der Waals surface area (Å²) in [4.78, 5) is 23.1. The van der Waals surface area contributed by atoms with E-state index in [-0.39, 0.29) is 12.5 Å². The Hall–Kier alpha value is -2.82. The molecule has 0 fully saturated rings. The van der Waals surface area contributed by atoms with Crippen LogP contribution in [0.2, 0.25) is 0 Å². The van der Waals surface area contributed by atoms with Crippen LogP contribution < -0.4 is 5.32 Å². The van der Waals surface area contributed by atoms with Crippen LogP contribution in [-0.4, -0.2) is 18.5 Å². The summed E-state index contributed by atoms with van der Waals surface area (Å²) in [6, 6.07) is 11.2. The lowest BCUT2D eigenvalue weighted by molar-refractivity contribution is -0.143. The molecule has 22 heavy (non-hydrogen) atoms. The normalized spacial score (nSPS) is 10.6. The van der Waals surface area contributed by atoms with Gasteiger partial charge in [-0.1, -0.05) is 24.3 Å². The predicted octanol–water partition coefficient (Wildman–Crippen LogP) is 2.46. The Morgan fingerprint density at radius 3 is 2.77 bits per heavy atom. The minimum atomic E-state index is -0.595. The molecule has 0 aliphatic heterocycles. The quantitative estimate of drug-likeness (QED) is 0.657. The smallest absolute Gasteiger partial charge is 0.331 e. The number of hydrogen-bond acceptors (Lipinski definition) is 4. The van der Waals surface area contributed by atoms with E-state index in [9.17, 15) is 9.59 Å². The zero-order valence-electron chi connectivity index (χ0n) is 12.2. The molecule has 0 saturated heterocycles. The molecule has 5 nitrogen and oxygen atoms in total. The van der Waals surface area contributed by atoms with Crippen molar-refractivity contribution in [3.05, 3.63) is 65.6 Å². The van der Waals surface area contributed by atoms with Crippen molar-refractivity contribution >= 4 is 18.0 Å². The first-order valence-electron chi connectivity index (χ1n) is 6.84. The van der Waals surface area contributed by atoms with Gasteiger partial charge in [0.2, 0.25) is 0 Å². The summed E-state index contributed by atoms with van der Waals surface area (Å²) < 4.78 is 9.88. The Morgan fingerprint density at radius 2 is 2.05 bits per heavy atom. The molecule has 1 heterocycles. The molecule has 2 aromatic rings. The van der Waals surface area contributed by atoms with E-state index in [0.717, 1.165) is 11.1 Å². The van der Waals surface area contributed by atoms with E-state index in [2.05, 4.69) is 5.32 Å². The van der Waals surface area contributed by atoms with Crippen LogP contribution in [0.5, 0.6) is 0 Å². The van der Waals surface area contributed by atoms with Gasteiger partial charge in [0.15, 0.2) is 6.61 Å². The zero-order valence-corrected chi connectivity index (χ0v) is 12.2. The Labute approximate surface area is 128 Å². The summed E-state index contributed by atoms with van der Waals surface area (Å²) in [5, 5.41) is 2.71. The first-order valence-corrected chi connectivity index (χ1v) is 6.84. The summed E-state index contributed by atoms with van der Waals surface area (Å²) >= 11 is 0. The highest BCUT2D eigenvalue weighted by Gasteiger charge is 2.06. The molecule has 0 atom stereocenters. The number of esters is 1. The van der Waals surface area contributed by atoms with E-state index in [1.165, 1.54) is 18.4 Å². The van der Waals surface area contributed by atoms with Crippen molar-refractivity contribution in [3.8, 4) is 0 Å². The van der Waals surface area contributed by atoms with Crippen LogP contribution in [0.1, 0.15) is 16.9 Å². The highest BCUT2D eigenvalue weighted by Crippen LogP contribution is 2.06. The van der Waals surface area contributed by atoms with Crippen molar-refractivity contribution in [3.63, 3.8) is 0 Å². The molecular formula is C17H17NO4. The van der Waals surface area contributed by atoms with Gasteiger partial charge in [-0.2, -0.15) is 0 Å². The van der Waals surface area contributed by atoms with Gasteiger partial charge in [0.25, 0.3) is 5.91 Å². The average molecular weight is 299 g/mol. The first kappa shape index (κ1) is 15.6. The number of carbonyl (C=O) groups excluding carboxylic acids is 2. The highest BCUT2D eigenvalue weighted by molar-refractivity contribution is 5.88. The monoisotopic (exact) mass is 299 g/mol. The zero-order chi connectivity index (χ0) is 15.8. The SMILES string of the molecule is Cc1ccccc1CNC(=O)COC(=O)/C=C/c1ccco1. The fraction of sp³-hybridized carbons (Fsp3) is 0.176. The van der Waals surface area contributed by atoms with Crippen LogP contribution in [-0.2, 0) is 20.9 Å². The van der Waals surface area contributed by atoms with Crippen LogP contribution >= 0.6 is 0 Å². The molecule has 0 spiro atoms. The van der Waals surface area contributed by atoms with E-state index < -0.39 is 5.97 Å². The molecule has 5 heteroatoms. The van der Waals surface area contributed by atoms with Gasteiger partial charge in [0.05, 0.1) is 6.26 Å². The van der Waals surface area contributed by atoms with Crippen molar-refractivity contribution in [2.24, 2.45) is 0 Å². The van der Waals surface area contributed by atoms with Gasteiger partial charge in [0.1, 0.15) is 5.76 Å². The molecule has 1 amide bonds. The van der Waals surface area contributed by atoms with Gasteiger partial charge in [-0.25, -0.2) is 4.79 Å². The first-order chi connectivity index (χ1) is 10.6. The van der Waals surface area contributed by atoms with E-state index in [1.807, 2.05) is 31.2 Å². The largest absolute Gasteiger partial charge is 0.465 e. The number of benzene rings is 1. The van der Waals surface area contributed by atoms with Crippen LogP contribution in [0.3, 0.4) is 0 Å². The molecule has 0 unspecified atom stereocenters. The molecule has 0 bridgehead atoms. The summed E-state index contributed by atoms with van der Waals surface area (Å²) in [5.41, 5.74) is 2.13. The van der Waals surface area contributed by atoms with Crippen LogP contribution in [0, 0.1) is 6.92 Å². The minimum Gasteiger partial charge on any atom is -0.465 e. The molecule has 0 aliphatic rings. The Balaban J connectivity index is 1.71. The van der Waals surface area contributed by atoms with Crippen molar-refractivity contribution in [1.29, 1.82) is 0 Å². The second-order valence-corrected chi connectivity index (χ2v) is 4.66. The lowest BCUT2D eigenvalue weighted by Gasteiger charge is -2.07. The number of furan rings is 1. The average Bonchev–Trinajstić information content (AvgIpc) is 3.03. The van der Waals surface area contributed by atoms with Crippen molar-refractivity contribution in [1.82, 2.24) is 5.32 Å². The summed E-state index contributed by atoms with van der Waals surface area (Å²) in [5.74, 6) is -0.397. The number of ether oxygens (including phenoxy) is 1. The van der Waals surface area contributed by atoms with E-state index in [1.54, 1.807) is 12.1 Å². The third-order valence-corrected chi connectivity index (χ3v) is 3.01. The number of aryl methyl sites for hydroxylation is 1. The van der Waals surface area contributed by atoms with Gasteiger partial charge < -0.3 is 14.5 Å². The molecular weight excluding hydrogens is 282 g/mol. The van der Waals surface area contributed by atoms with Gasteiger partial charge in [-0.05, 0) is 36.3 Å². The lowest BCUT2D eigenvalue weighted by Crippen LogP contribution is -2.28. The lowest BCUT2D eigenvalue weighted by atomic mass is 10.1. The third-order valence-electron chi connectivity index (χ3n) is 3.01. The van der Waals surface area contributed by atoms with Gasteiger partial charge >= 0.3 is 5.97 Å². The maximum Gasteiger partial charge on any atom is 0.331 e. The summed E-state index contributed by atoms with van der Waals surface area (Å²) in [7, 11) is 0. The highest BCUT2D eigenvalue weighted by atomic mass is 16.5. The van der Waals surface area contributed by atoms with E-state index in [0.29, 0.717) is 12.3 Å². The van der Waals surface area contributed by atoms with E-state index in [4.69, 9.17) is 9.15 Å². The number of hydrogen-bond donors (Lipinski definition) is 1. The third kappa shape index (κ3) is 4.94. The van der Waals surface area contributed by atoms with Crippen LogP contribution in [0.4, 0.5) is 0 Å². The maximum absolute atomic E-state index is 11.6. The Morgan fingerprint density at radius 1 is 1.23 bits per heavy atom. The number of nitrogens with one attached hydrogen (secondary N) is 1. The molecule has 0 aliphatic carbocycles. The second kappa shape index (κ2) is 7.83.